The molecule has 1 aromatic heterocycles. The first-order chi connectivity index (χ1) is 8.08. The van der Waals surface area contributed by atoms with E-state index in [2.05, 4.69) is 21.0 Å². The zero-order valence-corrected chi connectivity index (χ0v) is 10.7. The number of hydrogen-bond acceptors (Lipinski definition) is 3. The molecule has 0 saturated heterocycles. The van der Waals surface area contributed by atoms with E-state index in [0.29, 0.717) is 11.0 Å². The summed E-state index contributed by atoms with van der Waals surface area (Å²) in [5.74, 6) is -0.154. The van der Waals surface area contributed by atoms with Crippen LogP contribution in [0.15, 0.2) is 34.9 Å². The summed E-state index contributed by atoms with van der Waals surface area (Å²) in [6, 6.07) is 7.88. The maximum absolute atomic E-state index is 10.7. The Balaban J connectivity index is 2.28. The average Bonchev–Trinajstić information content (AvgIpc) is 2.63. The highest BCUT2D eigenvalue weighted by Crippen LogP contribution is 2.22. The van der Waals surface area contributed by atoms with Crippen LogP contribution in [0.4, 0.5) is 5.82 Å². The molecule has 2 aromatic rings. The summed E-state index contributed by atoms with van der Waals surface area (Å²) < 4.78 is 1.96. The van der Waals surface area contributed by atoms with Crippen LogP contribution in [0.1, 0.15) is 11.1 Å². The molecule has 2 rings (SSSR count). The molecule has 0 amide bonds. The Bertz CT molecular complexity index is 566. The van der Waals surface area contributed by atoms with Crippen LogP contribution in [0.3, 0.4) is 0 Å². The zero-order chi connectivity index (χ0) is 12.4. The predicted molar refractivity (Wildman–Crippen MR) is 66.9 cm³/mol. The van der Waals surface area contributed by atoms with Crippen molar-refractivity contribution in [3.05, 3.63) is 56.2 Å². The first-order valence-electron chi connectivity index (χ1n) is 5.00. The minimum Gasteiger partial charge on any atom is -0.358 e. The molecule has 0 saturated carbocycles. The Kier molecular flexibility index (Phi) is 3.23. The second-order valence-electron chi connectivity index (χ2n) is 3.68. The number of aryl methyl sites for hydroxylation is 1. The molecule has 0 aliphatic rings. The summed E-state index contributed by atoms with van der Waals surface area (Å²) in [4.78, 5) is 10.2. The Morgan fingerprint density at radius 2 is 2.18 bits per heavy atom. The summed E-state index contributed by atoms with van der Waals surface area (Å²) in [6.07, 6.45) is 1.62. The maximum Gasteiger partial charge on any atom is 0.404 e. The van der Waals surface area contributed by atoms with E-state index in [1.165, 1.54) is 0 Å². The Hall–Kier alpha value is -1.69. The second kappa shape index (κ2) is 4.67. The lowest BCUT2D eigenvalue weighted by atomic mass is 10.1. The fraction of sp³-hybridized carbons (Fsp3) is 0.182. The van der Waals surface area contributed by atoms with Gasteiger partial charge in [-0.2, -0.15) is 4.68 Å². The van der Waals surface area contributed by atoms with Crippen LogP contribution in [-0.2, 0) is 6.54 Å². The molecule has 17 heavy (non-hydrogen) atoms. The van der Waals surface area contributed by atoms with Crippen LogP contribution in [0.2, 0.25) is 0 Å². The normalized spacial score (nSPS) is 10.5. The quantitative estimate of drug-likeness (QED) is 0.646. The number of benzene rings is 1. The van der Waals surface area contributed by atoms with Crippen LogP contribution >= 0.6 is 15.9 Å². The largest absolute Gasteiger partial charge is 0.404 e. The van der Waals surface area contributed by atoms with Gasteiger partial charge in [-0.05, 0) is 38.9 Å². The third kappa shape index (κ3) is 2.52. The van der Waals surface area contributed by atoms with Gasteiger partial charge in [-0.1, -0.05) is 24.3 Å². The van der Waals surface area contributed by atoms with Crippen molar-refractivity contribution in [3.8, 4) is 0 Å². The van der Waals surface area contributed by atoms with Gasteiger partial charge in [0.05, 0.1) is 17.8 Å². The van der Waals surface area contributed by atoms with E-state index in [1.54, 1.807) is 10.9 Å². The van der Waals surface area contributed by atoms with E-state index in [1.807, 2.05) is 31.2 Å². The number of nitro groups is 1. The molecule has 88 valence electrons. The van der Waals surface area contributed by atoms with E-state index in [4.69, 9.17) is 0 Å². The number of nitrogens with zero attached hydrogens (tertiary/aromatic N) is 3. The molecule has 0 unspecified atom stereocenters. The van der Waals surface area contributed by atoms with Crippen molar-refractivity contribution in [2.45, 2.75) is 13.5 Å². The van der Waals surface area contributed by atoms with Crippen LogP contribution in [0.25, 0.3) is 0 Å². The highest BCUT2D eigenvalue weighted by atomic mass is 79.9. The molecule has 0 atom stereocenters. The lowest BCUT2D eigenvalue weighted by molar-refractivity contribution is -0.390. The van der Waals surface area contributed by atoms with Crippen molar-refractivity contribution in [2.24, 2.45) is 0 Å². The molecule has 0 aliphatic heterocycles. The molecule has 5 nitrogen and oxygen atoms in total. The monoisotopic (exact) mass is 295 g/mol. The van der Waals surface area contributed by atoms with Gasteiger partial charge in [0.15, 0.2) is 0 Å². The Morgan fingerprint density at radius 1 is 1.47 bits per heavy atom. The molecule has 0 N–H and O–H groups in total. The lowest BCUT2D eigenvalue weighted by Gasteiger charge is -2.02. The topological polar surface area (TPSA) is 61.0 Å². The molecule has 0 fully saturated rings. The second-order valence-corrected chi connectivity index (χ2v) is 4.54. The minimum absolute atomic E-state index is 0.154. The van der Waals surface area contributed by atoms with Crippen molar-refractivity contribution in [1.29, 1.82) is 0 Å². The smallest absolute Gasteiger partial charge is 0.358 e. The van der Waals surface area contributed by atoms with Crippen LogP contribution < -0.4 is 0 Å². The van der Waals surface area contributed by atoms with Gasteiger partial charge in [0.25, 0.3) is 0 Å². The van der Waals surface area contributed by atoms with Crippen LogP contribution in [0, 0.1) is 17.0 Å². The average molecular weight is 296 g/mol. The fourth-order valence-corrected chi connectivity index (χ4v) is 2.01. The third-order valence-electron chi connectivity index (χ3n) is 2.47. The number of aromatic nitrogens is 2. The molecule has 1 aromatic carbocycles. The van der Waals surface area contributed by atoms with Crippen molar-refractivity contribution < 1.29 is 4.92 Å². The molecule has 0 spiro atoms. The van der Waals surface area contributed by atoms with Gasteiger partial charge in [-0.25, -0.2) is 0 Å². The van der Waals surface area contributed by atoms with Gasteiger partial charge in [0.1, 0.15) is 4.47 Å². The molecule has 0 bridgehead atoms. The van der Waals surface area contributed by atoms with E-state index < -0.39 is 4.92 Å². The van der Waals surface area contributed by atoms with Crippen molar-refractivity contribution in [3.63, 3.8) is 0 Å². The van der Waals surface area contributed by atoms with Crippen LogP contribution in [-0.4, -0.2) is 14.7 Å². The highest BCUT2D eigenvalue weighted by molar-refractivity contribution is 9.10. The Morgan fingerprint density at radius 3 is 2.76 bits per heavy atom. The van der Waals surface area contributed by atoms with Crippen molar-refractivity contribution in [2.75, 3.05) is 0 Å². The van der Waals surface area contributed by atoms with Gasteiger partial charge in [-0.15, -0.1) is 0 Å². The van der Waals surface area contributed by atoms with Crippen molar-refractivity contribution >= 4 is 21.7 Å². The maximum atomic E-state index is 10.7. The van der Waals surface area contributed by atoms with Gasteiger partial charge < -0.3 is 10.1 Å². The van der Waals surface area contributed by atoms with E-state index >= 15 is 0 Å². The van der Waals surface area contributed by atoms with E-state index in [0.717, 1.165) is 11.1 Å². The summed E-state index contributed by atoms with van der Waals surface area (Å²) in [7, 11) is 0. The minimum atomic E-state index is -0.502. The summed E-state index contributed by atoms with van der Waals surface area (Å²) >= 11 is 3.12. The number of rotatable bonds is 3. The Labute approximate surface area is 106 Å². The summed E-state index contributed by atoms with van der Waals surface area (Å²) in [5.41, 5.74) is 2.24. The molecule has 6 heteroatoms. The zero-order valence-electron chi connectivity index (χ0n) is 9.13. The van der Waals surface area contributed by atoms with Gasteiger partial charge in [0.2, 0.25) is 0 Å². The van der Waals surface area contributed by atoms with E-state index in [-0.39, 0.29) is 5.82 Å². The lowest BCUT2D eigenvalue weighted by Crippen LogP contribution is -2.02. The van der Waals surface area contributed by atoms with E-state index in [9.17, 15) is 10.1 Å². The van der Waals surface area contributed by atoms with Gasteiger partial charge >= 0.3 is 5.82 Å². The molecular formula is C11H10BrN3O2. The summed E-state index contributed by atoms with van der Waals surface area (Å²) in [6.45, 7) is 2.53. The van der Waals surface area contributed by atoms with Gasteiger partial charge in [0, 0.05) is 0 Å². The first kappa shape index (κ1) is 11.8. The first-order valence-corrected chi connectivity index (χ1v) is 5.79. The predicted octanol–water partition coefficient (Wildman–Crippen LogP) is 2.91. The highest BCUT2D eigenvalue weighted by Gasteiger charge is 2.18. The molecule has 1 heterocycles. The molecular weight excluding hydrogens is 286 g/mol. The van der Waals surface area contributed by atoms with Crippen LogP contribution in [0.5, 0.6) is 0 Å². The number of hydrogen-bond donors (Lipinski definition) is 0. The number of halogens is 1. The third-order valence-corrected chi connectivity index (χ3v) is 3.03. The standard InChI is InChI=1S/C11H10BrN3O2/c1-8-4-2-3-5-9(8)6-14-7-10(12)11(13-14)15(16)17/h2-5,7H,6H2,1H3. The molecule has 0 radical (unpaired) electrons. The fourth-order valence-electron chi connectivity index (χ4n) is 1.55. The molecule has 0 aliphatic carbocycles. The van der Waals surface area contributed by atoms with Gasteiger partial charge in [-0.3, -0.25) is 0 Å². The summed E-state index contributed by atoms with van der Waals surface area (Å²) in [5, 5.41) is 14.6. The van der Waals surface area contributed by atoms with Crippen molar-refractivity contribution in [1.82, 2.24) is 9.78 Å². The SMILES string of the molecule is Cc1ccccc1Cn1cc(Br)c([N+](=O)[O-])n1.